The minimum atomic E-state index is -0.116. The van der Waals surface area contributed by atoms with Crippen molar-refractivity contribution in [1.29, 1.82) is 0 Å². The van der Waals surface area contributed by atoms with E-state index in [9.17, 15) is 0 Å². The Morgan fingerprint density at radius 2 is 1.09 bits per heavy atom. The number of aromatic amines is 1. The molecule has 11 rings (SSSR count). The number of nitrogens with zero attached hydrogens (tertiary/aromatic N) is 1. The van der Waals surface area contributed by atoms with E-state index in [1.165, 1.54) is 75.5 Å². The fourth-order valence-electron chi connectivity index (χ4n) is 8.90. The van der Waals surface area contributed by atoms with E-state index in [2.05, 4.69) is 200 Å². The van der Waals surface area contributed by atoms with Crippen LogP contribution in [0.5, 0.6) is 0 Å². The van der Waals surface area contributed by atoms with Crippen LogP contribution in [0.3, 0.4) is 0 Å². The highest BCUT2D eigenvalue weighted by atomic mass is 32.1. The van der Waals surface area contributed by atoms with Gasteiger partial charge in [-0.15, -0.1) is 11.3 Å². The first kappa shape index (κ1) is 31.1. The SMILES string of the molecule is CC1(C)c2ccccc2-c2ccc(N(c3ccc(-c4ccccc4)cc3)c3cc(-c4ccc5sc6ccccc6c5c4)c4[nH]c5ccccc5c4c3)cc21. The van der Waals surface area contributed by atoms with Crippen LogP contribution in [0.25, 0.3) is 75.4 Å². The summed E-state index contributed by atoms with van der Waals surface area (Å²) in [4.78, 5) is 6.29. The fourth-order valence-corrected chi connectivity index (χ4v) is 9.98. The minimum Gasteiger partial charge on any atom is -0.354 e. The summed E-state index contributed by atoms with van der Waals surface area (Å²) in [6, 6.07) is 64.9. The molecular formula is C51H36N2S. The van der Waals surface area contributed by atoms with Gasteiger partial charge in [-0.2, -0.15) is 0 Å². The lowest BCUT2D eigenvalue weighted by Crippen LogP contribution is -2.16. The molecule has 256 valence electrons. The van der Waals surface area contributed by atoms with Crippen molar-refractivity contribution in [2.24, 2.45) is 0 Å². The molecule has 0 aliphatic heterocycles. The van der Waals surface area contributed by atoms with Crippen LogP contribution < -0.4 is 4.90 Å². The van der Waals surface area contributed by atoms with Crippen molar-refractivity contribution in [2.45, 2.75) is 19.3 Å². The Morgan fingerprint density at radius 1 is 0.426 bits per heavy atom. The second kappa shape index (κ2) is 11.8. The number of benzene rings is 8. The Labute approximate surface area is 318 Å². The van der Waals surface area contributed by atoms with E-state index in [-0.39, 0.29) is 5.41 Å². The number of hydrogen-bond donors (Lipinski definition) is 1. The Balaban J connectivity index is 1.16. The highest BCUT2D eigenvalue weighted by Gasteiger charge is 2.35. The number of hydrogen-bond acceptors (Lipinski definition) is 2. The average molecular weight is 709 g/mol. The first-order chi connectivity index (χ1) is 26.5. The van der Waals surface area contributed by atoms with Crippen LogP contribution in [0.2, 0.25) is 0 Å². The summed E-state index contributed by atoms with van der Waals surface area (Å²) in [7, 11) is 0. The molecular weight excluding hydrogens is 673 g/mol. The van der Waals surface area contributed by atoms with Gasteiger partial charge in [0.2, 0.25) is 0 Å². The van der Waals surface area contributed by atoms with Gasteiger partial charge in [0, 0.05) is 64.5 Å². The van der Waals surface area contributed by atoms with Crippen LogP contribution in [-0.2, 0) is 5.41 Å². The molecule has 2 aromatic heterocycles. The zero-order chi connectivity index (χ0) is 36.0. The molecule has 0 spiro atoms. The van der Waals surface area contributed by atoms with Gasteiger partial charge in [0.25, 0.3) is 0 Å². The molecule has 0 radical (unpaired) electrons. The zero-order valence-corrected chi connectivity index (χ0v) is 30.9. The van der Waals surface area contributed by atoms with Gasteiger partial charge in [0.15, 0.2) is 0 Å². The van der Waals surface area contributed by atoms with Gasteiger partial charge in [0.1, 0.15) is 0 Å². The zero-order valence-electron chi connectivity index (χ0n) is 30.1. The second-order valence-corrected chi connectivity index (χ2v) is 16.1. The highest BCUT2D eigenvalue weighted by Crippen LogP contribution is 2.51. The number of nitrogens with one attached hydrogen (secondary N) is 1. The van der Waals surface area contributed by atoms with Crippen molar-refractivity contribution in [2.75, 3.05) is 4.90 Å². The smallest absolute Gasteiger partial charge is 0.0546 e. The number of aromatic nitrogens is 1. The Morgan fingerprint density at radius 3 is 1.96 bits per heavy atom. The molecule has 1 N–H and O–H groups in total. The molecule has 0 saturated heterocycles. The molecule has 0 unspecified atom stereocenters. The predicted octanol–water partition coefficient (Wildman–Crippen LogP) is 14.8. The van der Waals surface area contributed by atoms with Gasteiger partial charge in [-0.3, -0.25) is 0 Å². The maximum Gasteiger partial charge on any atom is 0.0546 e. The van der Waals surface area contributed by atoms with Crippen molar-refractivity contribution in [1.82, 2.24) is 4.98 Å². The number of para-hydroxylation sites is 1. The highest BCUT2D eigenvalue weighted by molar-refractivity contribution is 7.25. The number of thiophene rings is 1. The van der Waals surface area contributed by atoms with Gasteiger partial charge in [-0.05, 0) is 99.6 Å². The van der Waals surface area contributed by atoms with Gasteiger partial charge >= 0.3 is 0 Å². The van der Waals surface area contributed by atoms with Gasteiger partial charge in [0.05, 0.1) is 5.52 Å². The maximum atomic E-state index is 3.83. The Bertz CT molecular complexity index is 3070. The number of fused-ring (bicyclic) bond motifs is 9. The molecule has 0 bridgehead atoms. The molecule has 1 aliphatic carbocycles. The van der Waals surface area contributed by atoms with E-state index in [1.54, 1.807) is 0 Å². The molecule has 0 fully saturated rings. The van der Waals surface area contributed by atoms with Gasteiger partial charge < -0.3 is 9.88 Å². The average Bonchev–Trinajstić information content (AvgIpc) is 3.86. The predicted molar refractivity (Wildman–Crippen MR) is 232 cm³/mol. The van der Waals surface area contributed by atoms with Crippen LogP contribution in [0, 0.1) is 0 Å². The van der Waals surface area contributed by atoms with E-state index in [0.717, 1.165) is 28.1 Å². The summed E-state index contributed by atoms with van der Waals surface area (Å²) >= 11 is 1.86. The molecule has 0 amide bonds. The van der Waals surface area contributed by atoms with Crippen molar-refractivity contribution in [3.63, 3.8) is 0 Å². The normalized spacial score (nSPS) is 13.1. The Kier molecular flexibility index (Phi) is 6.80. The molecule has 2 heterocycles. The third-order valence-corrected chi connectivity index (χ3v) is 12.8. The van der Waals surface area contributed by atoms with Crippen molar-refractivity contribution >= 4 is 70.4 Å². The van der Waals surface area contributed by atoms with Crippen LogP contribution in [0.4, 0.5) is 17.1 Å². The van der Waals surface area contributed by atoms with Gasteiger partial charge in [-0.25, -0.2) is 0 Å². The maximum absolute atomic E-state index is 3.83. The van der Waals surface area contributed by atoms with Crippen molar-refractivity contribution < 1.29 is 0 Å². The molecule has 1 aliphatic rings. The Hall–Kier alpha value is -6.42. The lowest BCUT2D eigenvalue weighted by atomic mass is 9.82. The quantitative estimate of drug-likeness (QED) is 0.189. The van der Waals surface area contributed by atoms with E-state index in [0.29, 0.717) is 0 Å². The minimum absolute atomic E-state index is 0.116. The molecule has 3 heteroatoms. The third kappa shape index (κ3) is 4.72. The largest absolute Gasteiger partial charge is 0.354 e. The van der Waals surface area contributed by atoms with E-state index in [1.807, 2.05) is 11.3 Å². The second-order valence-electron chi connectivity index (χ2n) is 15.0. The summed E-state index contributed by atoms with van der Waals surface area (Å²) in [6.45, 7) is 4.72. The number of rotatable bonds is 5. The van der Waals surface area contributed by atoms with E-state index in [4.69, 9.17) is 0 Å². The lowest BCUT2D eigenvalue weighted by Gasteiger charge is -2.29. The van der Waals surface area contributed by atoms with E-state index >= 15 is 0 Å². The van der Waals surface area contributed by atoms with Crippen molar-refractivity contribution in [3.8, 4) is 33.4 Å². The first-order valence-electron chi connectivity index (χ1n) is 18.7. The molecule has 0 atom stereocenters. The lowest BCUT2D eigenvalue weighted by molar-refractivity contribution is 0.660. The summed E-state index contributed by atoms with van der Waals surface area (Å²) in [6.07, 6.45) is 0. The fraction of sp³-hybridized carbons (Fsp3) is 0.0588. The van der Waals surface area contributed by atoms with Crippen LogP contribution in [-0.4, -0.2) is 4.98 Å². The van der Waals surface area contributed by atoms with Crippen molar-refractivity contribution in [3.05, 3.63) is 187 Å². The molecule has 10 aromatic rings. The first-order valence-corrected chi connectivity index (χ1v) is 19.5. The van der Waals surface area contributed by atoms with Crippen LogP contribution in [0.15, 0.2) is 176 Å². The van der Waals surface area contributed by atoms with Crippen LogP contribution >= 0.6 is 11.3 Å². The number of H-pyrrole nitrogens is 1. The number of anilines is 3. The molecule has 0 saturated carbocycles. The standard InChI is InChI=1S/C51H36N2S/c1-51(2)45-17-9-6-14-38(45)39-26-25-36(31-46(39)51)53(35-23-20-33(21-24-35)32-12-4-3-5-13-32)37-29-42(50-44(30-37)40-15-7-10-18-47(40)52-50)34-22-27-49-43(28-34)41-16-8-11-19-48(41)54-49/h3-31,52H,1-2H3. The summed E-state index contributed by atoms with van der Waals surface area (Å²) in [5.41, 5.74) is 15.8. The summed E-state index contributed by atoms with van der Waals surface area (Å²) < 4.78 is 2.63. The molecule has 8 aromatic carbocycles. The third-order valence-electron chi connectivity index (χ3n) is 11.6. The summed E-state index contributed by atoms with van der Waals surface area (Å²) in [5.74, 6) is 0. The van der Waals surface area contributed by atoms with E-state index < -0.39 is 0 Å². The molecule has 54 heavy (non-hydrogen) atoms. The molecule has 2 nitrogen and oxygen atoms in total. The van der Waals surface area contributed by atoms with Gasteiger partial charge in [-0.1, -0.05) is 129 Å². The topological polar surface area (TPSA) is 19.0 Å². The van der Waals surface area contributed by atoms with Crippen LogP contribution in [0.1, 0.15) is 25.0 Å². The summed E-state index contributed by atoms with van der Waals surface area (Å²) in [5, 5.41) is 5.05. The monoisotopic (exact) mass is 708 g/mol.